The minimum Gasteiger partial charge on any atom is -0.465 e. The first-order valence-corrected chi connectivity index (χ1v) is 8.02. The molecule has 0 radical (unpaired) electrons. The lowest BCUT2D eigenvalue weighted by Gasteiger charge is -2.08. The van der Waals surface area contributed by atoms with Crippen LogP contribution in [0.15, 0.2) is 45.7 Å². The second-order valence-corrected chi connectivity index (χ2v) is 6.83. The summed E-state index contributed by atoms with van der Waals surface area (Å²) in [5, 5.41) is 0. The Balaban J connectivity index is 2.09. The fraction of sp³-hybridized carbons (Fsp3) is 0.333. The Kier molecular flexibility index (Phi) is 4.30. The van der Waals surface area contributed by atoms with Gasteiger partial charge in [0.15, 0.2) is 0 Å². The van der Waals surface area contributed by atoms with Crippen molar-refractivity contribution in [3.05, 3.63) is 53.5 Å². The highest BCUT2D eigenvalue weighted by atomic mass is 32.2. The molecule has 0 atom stereocenters. The Morgan fingerprint density at radius 2 is 1.75 bits per heavy atom. The molecule has 0 unspecified atom stereocenters. The summed E-state index contributed by atoms with van der Waals surface area (Å²) < 4.78 is 32.2. The molecule has 5 heteroatoms. The van der Waals surface area contributed by atoms with Crippen molar-refractivity contribution in [2.24, 2.45) is 0 Å². The van der Waals surface area contributed by atoms with Gasteiger partial charge in [-0.2, -0.15) is 0 Å². The topological polar surface area (TPSA) is 59.3 Å². The molecule has 0 amide bonds. The molecule has 0 saturated heterocycles. The number of hydrogen-bond acceptors (Lipinski definition) is 3. The fourth-order valence-corrected chi connectivity index (χ4v) is 2.85. The van der Waals surface area contributed by atoms with Gasteiger partial charge in [-0.25, -0.2) is 13.1 Å². The normalized spacial score (nSPS) is 12.0. The lowest BCUT2D eigenvalue weighted by Crippen LogP contribution is -2.23. The summed E-state index contributed by atoms with van der Waals surface area (Å²) in [6.07, 6.45) is 0. The maximum absolute atomic E-state index is 12.1. The van der Waals surface area contributed by atoms with E-state index in [1.165, 1.54) is 0 Å². The molecule has 108 valence electrons. The van der Waals surface area contributed by atoms with Crippen molar-refractivity contribution < 1.29 is 12.8 Å². The zero-order valence-electron chi connectivity index (χ0n) is 11.9. The van der Waals surface area contributed by atoms with Crippen molar-refractivity contribution in [2.45, 2.75) is 38.1 Å². The van der Waals surface area contributed by atoms with Crippen LogP contribution < -0.4 is 4.72 Å². The Labute approximate surface area is 119 Å². The lowest BCUT2D eigenvalue weighted by molar-refractivity contribution is 0.475. The average Bonchev–Trinajstić information content (AvgIpc) is 2.82. The van der Waals surface area contributed by atoms with Crippen molar-refractivity contribution in [3.63, 3.8) is 0 Å². The Hall–Kier alpha value is -1.59. The van der Waals surface area contributed by atoms with Crippen LogP contribution >= 0.6 is 0 Å². The maximum atomic E-state index is 12.1. The maximum Gasteiger partial charge on any atom is 0.240 e. The van der Waals surface area contributed by atoms with Gasteiger partial charge >= 0.3 is 0 Å². The highest BCUT2D eigenvalue weighted by molar-refractivity contribution is 7.89. The number of sulfonamides is 1. The molecule has 2 rings (SSSR count). The number of nitrogens with one attached hydrogen (secondary N) is 1. The lowest BCUT2D eigenvalue weighted by atomic mass is 10.0. The van der Waals surface area contributed by atoms with Crippen molar-refractivity contribution in [1.82, 2.24) is 4.72 Å². The third kappa shape index (κ3) is 3.49. The molecule has 2 aromatic rings. The van der Waals surface area contributed by atoms with Gasteiger partial charge in [-0.15, -0.1) is 0 Å². The van der Waals surface area contributed by atoms with Crippen molar-refractivity contribution in [1.29, 1.82) is 0 Å². The molecule has 4 nitrogen and oxygen atoms in total. The van der Waals surface area contributed by atoms with Gasteiger partial charge in [0.05, 0.1) is 11.4 Å². The van der Waals surface area contributed by atoms with E-state index in [-0.39, 0.29) is 11.4 Å². The van der Waals surface area contributed by atoms with E-state index in [4.69, 9.17) is 4.42 Å². The van der Waals surface area contributed by atoms with Gasteiger partial charge in [0.2, 0.25) is 10.0 Å². The van der Waals surface area contributed by atoms with Gasteiger partial charge in [-0.05, 0) is 42.7 Å². The predicted octanol–water partition coefficient (Wildman–Crippen LogP) is 3.19. The van der Waals surface area contributed by atoms with E-state index >= 15 is 0 Å². The standard InChI is InChI=1S/C15H19NO3S/c1-11(2)13-5-8-15(9-6-13)20(17,18)16-10-14-7-4-12(3)19-14/h4-9,11,16H,10H2,1-3H3. The van der Waals surface area contributed by atoms with Crippen LogP contribution in [0.4, 0.5) is 0 Å². The summed E-state index contributed by atoms with van der Waals surface area (Å²) in [5.74, 6) is 1.75. The Morgan fingerprint density at radius 1 is 1.10 bits per heavy atom. The first kappa shape index (κ1) is 14.8. The monoisotopic (exact) mass is 293 g/mol. The molecule has 1 heterocycles. The number of furan rings is 1. The van der Waals surface area contributed by atoms with Gasteiger partial charge in [0, 0.05) is 0 Å². The van der Waals surface area contributed by atoms with Crippen LogP contribution in [0, 0.1) is 6.92 Å². The molecule has 1 aromatic heterocycles. The minimum atomic E-state index is -3.50. The molecule has 0 aliphatic rings. The predicted molar refractivity (Wildman–Crippen MR) is 78.0 cm³/mol. The molecule has 0 saturated carbocycles. The van der Waals surface area contributed by atoms with Crippen LogP contribution in [0.2, 0.25) is 0 Å². The van der Waals surface area contributed by atoms with E-state index in [9.17, 15) is 8.42 Å². The molecule has 0 aliphatic carbocycles. The van der Waals surface area contributed by atoms with Crippen molar-refractivity contribution in [2.75, 3.05) is 0 Å². The molecule has 20 heavy (non-hydrogen) atoms. The smallest absolute Gasteiger partial charge is 0.240 e. The van der Waals surface area contributed by atoms with Crippen LogP contribution in [0.1, 0.15) is 36.8 Å². The van der Waals surface area contributed by atoms with Gasteiger partial charge in [0.1, 0.15) is 11.5 Å². The Bertz CT molecular complexity index is 669. The van der Waals surface area contributed by atoms with Crippen LogP contribution in [0.25, 0.3) is 0 Å². The molecule has 1 aromatic carbocycles. The SMILES string of the molecule is Cc1ccc(CNS(=O)(=O)c2ccc(C(C)C)cc2)o1. The molecule has 0 bridgehead atoms. The number of hydrogen-bond donors (Lipinski definition) is 1. The summed E-state index contributed by atoms with van der Waals surface area (Å²) >= 11 is 0. The summed E-state index contributed by atoms with van der Waals surface area (Å²) in [4.78, 5) is 0.269. The zero-order chi connectivity index (χ0) is 14.8. The van der Waals surface area contributed by atoms with E-state index in [2.05, 4.69) is 18.6 Å². The van der Waals surface area contributed by atoms with E-state index < -0.39 is 10.0 Å². The van der Waals surface area contributed by atoms with Crippen LogP contribution in [0.5, 0.6) is 0 Å². The van der Waals surface area contributed by atoms with E-state index in [0.717, 1.165) is 11.3 Å². The third-order valence-electron chi connectivity index (χ3n) is 3.09. The summed E-state index contributed by atoms with van der Waals surface area (Å²) in [6.45, 7) is 6.12. The summed E-state index contributed by atoms with van der Waals surface area (Å²) in [6, 6.07) is 10.5. The number of rotatable bonds is 5. The largest absolute Gasteiger partial charge is 0.465 e. The number of benzene rings is 1. The first-order chi connectivity index (χ1) is 9.38. The van der Waals surface area contributed by atoms with Crippen LogP contribution in [0.3, 0.4) is 0 Å². The van der Waals surface area contributed by atoms with Crippen molar-refractivity contribution >= 4 is 10.0 Å². The fourth-order valence-electron chi connectivity index (χ4n) is 1.86. The van der Waals surface area contributed by atoms with Crippen LogP contribution in [-0.4, -0.2) is 8.42 Å². The first-order valence-electron chi connectivity index (χ1n) is 6.53. The van der Waals surface area contributed by atoms with Gasteiger partial charge < -0.3 is 4.42 Å². The highest BCUT2D eigenvalue weighted by Gasteiger charge is 2.14. The summed E-state index contributed by atoms with van der Waals surface area (Å²) in [7, 11) is -3.50. The van der Waals surface area contributed by atoms with Crippen molar-refractivity contribution in [3.8, 4) is 0 Å². The van der Waals surface area contributed by atoms with Gasteiger partial charge in [-0.3, -0.25) is 0 Å². The van der Waals surface area contributed by atoms with Gasteiger partial charge in [-0.1, -0.05) is 26.0 Å². The highest BCUT2D eigenvalue weighted by Crippen LogP contribution is 2.17. The second kappa shape index (κ2) is 5.81. The molecule has 0 aliphatic heterocycles. The van der Waals surface area contributed by atoms with Crippen LogP contribution in [-0.2, 0) is 16.6 Å². The minimum absolute atomic E-state index is 0.155. The molecular formula is C15H19NO3S. The zero-order valence-corrected chi connectivity index (χ0v) is 12.7. The quantitative estimate of drug-likeness (QED) is 0.921. The summed E-state index contributed by atoms with van der Waals surface area (Å²) in [5.41, 5.74) is 1.12. The second-order valence-electron chi connectivity index (χ2n) is 5.06. The van der Waals surface area contributed by atoms with E-state index in [1.54, 1.807) is 24.3 Å². The number of aryl methyl sites for hydroxylation is 1. The third-order valence-corrected chi connectivity index (χ3v) is 4.51. The molecule has 0 spiro atoms. The molecule has 1 N–H and O–H groups in total. The van der Waals surface area contributed by atoms with E-state index in [1.807, 2.05) is 19.1 Å². The average molecular weight is 293 g/mol. The molecule has 0 fully saturated rings. The van der Waals surface area contributed by atoms with E-state index in [0.29, 0.717) is 11.7 Å². The molecular weight excluding hydrogens is 274 g/mol. The Morgan fingerprint density at radius 3 is 2.25 bits per heavy atom. The van der Waals surface area contributed by atoms with Gasteiger partial charge in [0.25, 0.3) is 0 Å².